The van der Waals surface area contributed by atoms with Crippen LogP contribution in [0.2, 0.25) is 0 Å². The van der Waals surface area contributed by atoms with Crippen molar-refractivity contribution >= 4 is 5.82 Å². The molecule has 28 heavy (non-hydrogen) atoms. The zero-order valence-electron chi connectivity index (χ0n) is 15.8. The van der Waals surface area contributed by atoms with Gasteiger partial charge in [0.1, 0.15) is 17.1 Å². The number of hydrogen-bond donors (Lipinski definition) is 1. The van der Waals surface area contributed by atoms with Gasteiger partial charge >= 0.3 is 0 Å². The molecule has 3 aromatic rings. The summed E-state index contributed by atoms with van der Waals surface area (Å²) in [6.07, 6.45) is 10.5. The summed E-state index contributed by atoms with van der Waals surface area (Å²) in [5, 5.41) is 3.41. The Morgan fingerprint density at radius 3 is 2.39 bits per heavy atom. The summed E-state index contributed by atoms with van der Waals surface area (Å²) in [5.41, 5.74) is 2.82. The Morgan fingerprint density at radius 1 is 0.964 bits per heavy atom. The number of methoxy groups -OCH3 is 1. The quantitative estimate of drug-likeness (QED) is 0.676. The van der Waals surface area contributed by atoms with Crippen LogP contribution in [-0.2, 0) is 4.74 Å². The molecular weight excluding hydrogens is 350 g/mol. The number of nitrogens with one attached hydrogen (secondary N) is 1. The van der Waals surface area contributed by atoms with Crippen LogP contribution in [0, 0.1) is 0 Å². The zero-order valence-corrected chi connectivity index (χ0v) is 15.8. The third-order valence-corrected chi connectivity index (χ3v) is 4.52. The highest BCUT2D eigenvalue weighted by Crippen LogP contribution is 2.26. The Kier molecular flexibility index (Phi) is 4.95. The molecular formula is C22H21N5O. The van der Waals surface area contributed by atoms with Crippen molar-refractivity contribution in [2.75, 3.05) is 12.4 Å². The SMILES string of the molecule is COC1(C)C=CCC(Nc2cc(-c3ccccn3)nc(-c3ccccn3)n2)=C1. The summed E-state index contributed by atoms with van der Waals surface area (Å²) in [4.78, 5) is 18.2. The molecule has 140 valence electrons. The lowest BCUT2D eigenvalue weighted by atomic mass is 9.98. The molecule has 6 heteroatoms. The van der Waals surface area contributed by atoms with Crippen molar-refractivity contribution in [1.29, 1.82) is 0 Å². The molecule has 4 rings (SSSR count). The fourth-order valence-corrected chi connectivity index (χ4v) is 3.02. The van der Waals surface area contributed by atoms with Crippen LogP contribution in [0.4, 0.5) is 5.82 Å². The van der Waals surface area contributed by atoms with E-state index in [9.17, 15) is 0 Å². The molecule has 0 amide bonds. The number of anilines is 1. The maximum Gasteiger partial charge on any atom is 0.180 e. The standard InChI is InChI=1S/C22H21N5O/c1-22(28-2)11-7-8-16(15-22)25-20-14-19(17-9-3-5-12-23-17)26-21(27-20)18-10-4-6-13-24-18/h3-7,9-15H,8H2,1-2H3,(H,25,26,27). The average molecular weight is 371 g/mol. The van der Waals surface area contributed by atoms with Crippen molar-refractivity contribution in [1.82, 2.24) is 19.9 Å². The molecule has 0 saturated heterocycles. The van der Waals surface area contributed by atoms with Crippen LogP contribution < -0.4 is 5.32 Å². The zero-order chi connectivity index (χ0) is 19.4. The van der Waals surface area contributed by atoms with Crippen molar-refractivity contribution in [3.8, 4) is 22.9 Å². The van der Waals surface area contributed by atoms with E-state index in [0.717, 1.165) is 23.5 Å². The van der Waals surface area contributed by atoms with E-state index in [-0.39, 0.29) is 0 Å². The summed E-state index contributed by atoms with van der Waals surface area (Å²) < 4.78 is 5.58. The fraction of sp³-hybridized carbons (Fsp3) is 0.182. The third kappa shape index (κ3) is 3.97. The molecule has 1 unspecified atom stereocenters. The summed E-state index contributed by atoms with van der Waals surface area (Å²) >= 11 is 0. The van der Waals surface area contributed by atoms with Crippen LogP contribution in [0.25, 0.3) is 22.9 Å². The van der Waals surface area contributed by atoms with E-state index in [1.165, 1.54) is 0 Å². The van der Waals surface area contributed by atoms with Gasteiger partial charge in [-0.15, -0.1) is 0 Å². The van der Waals surface area contributed by atoms with E-state index >= 15 is 0 Å². The molecule has 0 fully saturated rings. The lowest BCUT2D eigenvalue weighted by molar-refractivity contribution is 0.0886. The minimum atomic E-state index is -0.429. The predicted octanol–water partition coefficient (Wildman–Crippen LogP) is 4.26. The fourth-order valence-electron chi connectivity index (χ4n) is 3.02. The molecule has 0 bridgehead atoms. The van der Waals surface area contributed by atoms with Gasteiger partial charge in [-0.25, -0.2) is 9.97 Å². The molecule has 1 N–H and O–H groups in total. The van der Waals surface area contributed by atoms with E-state index in [2.05, 4.69) is 43.5 Å². The van der Waals surface area contributed by atoms with Gasteiger partial charge in [0.05, 0.1) is 11.4 Å². The Balaban J connectivity index is 1.74. The van der Waals surface area contributed by atoms with Crippen LogP contribution in [0.3, 0.4) is 0 Å². The van der Waals surface area contributed by atoms with Crippen LogP contribution in [0.5, 0.6) is 0 Å². The number of allylic oxidation sites excluding steroid dienone is 1. The molecule has 0 aliphatic heterocycles. The summed E-state index contributed by atoms with van der Waals surface area (Å²) in [7, 11) is 1.70. The monoisotopic (exact) mass is 371 g/mol. The number of pyridine rings is 2. The molecule has 1 aliphatic carbocycles. The second-order valence-electron chi connectivity index (χ2n) is 6.68. The summed E-state index contributed by atoms with van der Waals surface area (Å²) in [6, 6.07) is 13.3. The van der Waals surface area contributed by atoms with Crippen LogP contribution in [0.15, 0.2) is 78.8 Å². The number of nitrogens with zero attached hydrogens (tertiary/aromatic N) is 4. The van der Waals surface area contributed by atoms with Gasteiger partial charge in [0.15, 0.2) is 5.82 Å². The second kappa shape index (κ2) is 7.70. The number of ether oxygens (including phenoxy) is 1. The van der Waals surface area contributed by atoms with Gasteiger partial charge in [-0.05, 0) is 37.3 Å². The van der Waals surface area contributed by atoms with Crippen molar-refractivity contribution in [3.05, 3.63) is 78.8 Å². The second-order valence-corrected chi connectivity index (χ2v) is 6.68. The first kappa shape index (κ1) is 18.0. The number of rotatable bonds is 5. The topological polar surface area (TPSA) is 72.8 Å². The van der Waals surface area contributed by atoms with Gasteiger partial charge in [0, 0.05) is 37.7 Å². The van der Waals surface area contributed by atoms with Crippen molar-refractivity contribution < 1.29 is 4.74 Å². The van der Waals surface area contributed by atoms with E-state index in [4.69, 9.17) is 4.74 Å². The Morgan fingerprint density at radius 2 is 1.71 bits per heavy atom. The van der Waals surface area contributed by atoms with Gasteiger partial charge in [0.25, 0.3) is 0 Å². The van der Waals surface area contributed by atoms with Crippen molar-refractivity contribution in [3.63, 3.8) is 0 Å². The first-order valence-electron chi connectivity index (χ1n) is 9.09. The highest BCUT2D eigenvalue weighted by atomic mass is 16.5. The average Bonchev–Trinajstić information content (AvgIpc) is 2.75. The van der Waals surface area contributed by atoms with Gasteiger partial charge in [-0.3, -0.25) is 9.97 Å². The molecule has 3 aromatic heterocycles. The van der Waals surface area contributed by atoms with Crippen molar-refractivity contribution in [2.24, 2.45) is 0 Å². The molecule has 3 heterocycles. The summed E-state index contributed by atoms with van der Waals surface area (Å²) in [5.74, 6) is 1.24. The minimum Gasteiger partial charge on any atom is -0.370 e. The van der Waals surface area contributed by atoms with E-state index in [1.54, 1.807) is 19.5 Å². The third-order valence-electron chi connectivity index (χ3n) is 4.52. The molecule has 0 saturated carbocycles. The van der Waals surface area contributed by atoms with Gasteiger partial charge in [-0.2, -0.15) is 0 Å². The minimum absolute atomic E-state index is 0.429. The van der Waals surface area contributed by atoms with E-state index in [0.29, 0.717) is 17.3 Å². The summed E-state index contributed by atoms with van der Waals surface area (Å²) in [6.45, 7) is 2.02. The normalized spacial score (nSPS) is 18.6. The Labute approximate surface area is 164 Å². The van der Waals surface area contributed by atoms with E-state index in [1.807, 2.05) is 49.4 Å². The highest BCUT2D eigenvalue weighted by Gasteiger charge is 2.21. The lowest BCUT2D eigenvalue weighted by Crippen LogP contribution is -2.25. The molecule has 1 aliphatic rings. The van der Waals surface area contributed by atoms with E-state index < -0.39 is 5.60 Å². The molecule has 0 spiro atoms. The van der Waals surface area contributed by atoms with Gasteiger partial charge in [0.2, 0.25) is 0 Å². The van der Waals surface area contributed by atoms with Crippen molar-refractivity contribution in [2.45, 2.75) is 18.9 Å². The number of aromatic nitrogens is 4. The smallest absolute Gasteiger partial charge is 0.180 e. The van der Waals surface area contributed by atoms with Gasteiger partial charge < -0.3 is 10.1 Å². The first-order chi connectivity index (χ1) is 13.6. The molecule has 0 aromatic carbocycles. The molecule has 6 nitrogen and oxygen atoms in total. The molecule has 0 radical (unpaired) electrons. The Bertz CT molecular complexity index is 960. The largest absolute Gasteiger partial charge is 0.370 e. The van der Waals surface area contributed by atoms with Crippen LogP contribution >= 0.6 is 0 Å². The van der Waals surface area contributed by atoms with Crippen LogP contribution in [0.1, 0.15) is 13.3 Å². The van der Waals surface area contributed by atoms with Gasteiger partial charge in [-0.1, -0.05) is 24.3 Å². The Hall–Kier alpha value is -3.38. The van der Waals surface area contributed by atoms with Crippen LogP contribution in [-0.4, -0.2) is 32.6 Å². The maximum atomic E-state index is 5.58. The predicted molar refractivity (Wildman–Crippen MR) is 109 cm³/mol. The highest BCUT2D eigenvalue weighted by molar-refractivity contribution is 5.64. The molecule has 1 atom stereocenters. The lowest BCUT2D eigenvalue weighted by Gasteiger charge is -2.25. The first-order valence-corrected chi connectivity index (χ1v) is 9.09. The maximum absolute atomic E-state index is 5.58. The number of hydrogen-bond acceptors (Lipinski definition) is 6.